The highest BCUT2D eigenvalue weighted by Crippen LogP contribution is 2.30. The fourth-order valence-electron chi connectivity index (χ4n) is 1.50. The van der Waals surface area contributed by atoms with Gasteiger partial charge in [-0.1, -0.05) is 11.8 Å². The van der Waals surface area contributed by atoms with Crippen molar-refractivity contribution in [3.63, 3.8) is 0 Å². The van der Waals surface area contributed by atoms with Crippen LogP contribution in [0.25, 0.3) is 0 Å². The number of thioether (sulfide) groups is 1. The molecule has 0 aliphatic heterocycles. The molecule has 4 nitrogen and oxygen atoms in total. The number of rotatable bonds is 4. The molecule has 1 aliphatic carbocycles. The van der Waals surface area contributed by atoms with Crippen LogP contribution in [0.3, 0.4) is 0 Å². The number of hydrogen-bond acceptors (Lipinski definition) is 5. The zero-order valence-corrected chi connectivity index (χ0v) is 9.92. The van der Waals surface area contributed by atoms with E-state index >= 15 is 0 Å². The average Bonchev–Trinajstić information content (AvgIpc) is 3.00. The third-order valence-corrected chi connectivity index (χ3v) is 3.06. The third kappa shape index (κ3) is 2.75. The minimum Gasteiger partial charge on any atom is -0.383 e. The number of nitrogens with zero attached hydrogens (tertiary/aromatic N) is 3. The predicted molar refractivity (Wildman–Crippen MR) is 64.2 cm³/mol. The lowest BCUT2D eigenvalue weighted by Gasteiger charge is -2.18. The number of nitrogens with two attached hydrogens (primary N) is 1. The second-order valence-electron chi connectivity index (χ2n) is 3.96. The normalized spacial score (nSPS) is 15.3. The van der Waals surface area contributed by atoms with Gasteiger partial charge in [-0.25, -0.2) is 9.97 Å². The van der Waals surface area contributed by atoms with Crippen molar-refractivity contribution >= 4 is 23.4 Å². The molecule has 0 unspecified atom stereocenters. The number of hydrogen-bond donors (Lipinski definition) is 1. The van der Waals surface area contributed by atoms with Gasteiger partial charge in [-0.2, -0.15) is 0 Å². The zero-order chi connectivity index (χ0) is 10.8. The van der Waals surface area contributed by atoms with Gasteiger partial charge in [0.2, 0.25) is 0 Å². The van der Waals surface area contributed by atoms with E-state index in [0.717, 1.165) is 23.4 Å². The van der Waals surface area contributed by atoms with Crippen LogP contribution in [-0.4, -0.2) is 29.8 Å². The Morgan fingerprint density at radius 3 is 2.87 bits per heavy atom. The Labute approximate surface area is 94.3 Å². The maximum absolute atomic E-state index is 5.73. The molecule has 1 aliphatic rings. The van der Waals surface area contributed by atoms with E-state index in [4.69, 9.17) is 5.73 Å². The second-order valence-corrected chi connectivity index (χ2v) is 4.74. The summed E-state index contributed by atoms with van der Waals surface area (Å²) >= 11 is 1.52. The van der Waals surface area contributed by atoms with E-state index in [1.54, 1.807) is 0 Å². The van der Waals surface area contributed by atoms with Gasteiger partial charge in [0.05, 0.1) is 0 Å². The first-order valence-corrected chi connectivity index (χ1v) is 6.31. The van der Waals surface area contributed by atoms with Crippen LogP contribution in [0.2, 0.25) is 0 Å². The monoisotopic (exact) mass is 224 g/mol. The van der Waals surface area contributed by atoms with Gasteiger partial charge >= 0.3 is 0 Å². The summed E-state index contributed by atoms with van der Waals surface area (Å²) in [6.07, 6.45) is 4.65. The summed E-state index contributed by atoms with van der Waals surface area (Å²) in [4.78, 5) is 10.7. The minimum absolute atomic E-state index is 0.548. The summed E-state index contributed by atoms with van der Waals surface area (Å²) < 4.78 is 0. The van der Waals surface area contributed by atoms with E-state index in [9.17, 15) is 0 Å². The molecular weight excluding hydrogens is 208 g/mol. The highest BCUT2D eigenvalue weighted by Gasteiger charge is 2.23. The van der Waals surface area contributed by atoms with E-state index in [0.29, 0.717) is 5.82 Å². The van der Waals surface area contributed by atoms with Gasteiger partial charge in [0, 0.05) is 19.7 Å². The molecule has 0 aromatic carbocycles. The minimum atomic E-state index is 0.548. The number of anilines is 2. The van der Waals surface area contributed by atoms with E-state index < -0.39 is 0 Å². The zero-order valence-electron chi connectivity index (χ0n) is 9.10. The molecule has 0 bridgehead atoms. The molecule has 2 rings (SSSR count). The van der Waals surface area contributed by atoms with Crippen LogP contribution >= 0.6 is 11.8 Å². The van der Waals surface area contributed by atoms with Crippen LogP contribution in [0.15, 0.2) is 11.2 Å². The predicted octanol–water partition coefficient (Wildman–Crippen LogP) is 1.63. The van der Waals surface area contributed by atoms with Crippen LogP contribution in [0.4, 0.5) is 11.6 Å². The van der Waals surface area contributed by atoms with Gasteiger partial charge in [0.25, 0.3) is 0 Å². The number of aromatic nitrogens is 2. The lowest BCUT2D eigenvalue weighted by Crippen LogP contribution is -2.21. The maximum atomic E-state index is 5.73. The topological polar surface area (TPSA) is 55.0 Å². The van der Waals surface area contributed by atoms with Crippen molar-refractivity contribution in [1.82, 2.24) is 9.97 Å². The smallest absolute Gasteiger partial charge is 0.191 e. The van der Waals surface area contributed by atoms with Gasteiger partial charge < -0.3 is 10.6 Å². The van der Waals surface area contributed by atoms with Gasteiger partial charge in [0.1, 0.15) is 11.6 Å². The molecule has 1 fully saturated rings. The SMILES string of the molecule is CSc1nc(N)cc(N(C)CC2CC2)n1. The lowest BCUT2D eigenvalue weighted by molar-refractivity contribution is 0.767. The Kier molecular flexibility index (Phi) is 3.00. The first-order chi connectivity index (χ1) is 7.19. The van der Waals surface area contributed by atoms with Crippen molar-refractivity contribution in [2.24, 2.45) is 5.92 Å². The molecule has 0 spiro atoms. The molecule has 0 radical (unpaired) electrons. The van der Waals surface area contributed by atoms with Crippen LogP contribution < -0.4 is 10.6 Å². The van der Waals surface area contributed by atoms with E-state index in [1.165, 1.54) is 24.6 Å². The van der Waals surface area contributed by atoms with Crippen molar-refractivity contribution in [2.45, 2.75) is 18.0 Å². The first kappa shape index (κ1) is 10.5. The van der Waals surface area contributed by atoms with E-state index in [-0.39, 0.29) is 0 Å². The van der Waals surface area contributed by atoms with Gasteiger partial charge in [-0.3, -0.25) is 0 Å². The Bertz CT molecular complexity index is 351. The van der Waals surface area contributed by atoms with Crippen LogP contribution in [0, 0.1) is 5.92 Å². The van der Waals surface area contributed by atoms with Crippen LogP contribution in [-0.2, 0) is 0 Å². The average molecular weight is 224 g/mol. The van der Waals surface area contributed by atoms with Crippen molar-refractivity contribution in [3.05, 3.63) is 6.07 Å². The molecular formula is C10H16N4S. The van der Waals surface area contributed by atoms with Crippen LogP contribution in [0.1, 0.15) is 12.8 Å². The molecule has 1 aromatic heterocycles. The largest absolute Gasteiger partial charge is 0.383 e. The fraction of sp³-hybridized carbons (Fsp3) is 0.600. The summed E-state index contributed by atoms with van der Waals surface area (Å²) in [6.45, 7) is 1.07. The molecule has 15 heavy (non-hydrogen) atoms. The third-order valence-electron chi connectivity index (χ3n) is 2.51. The molecule has 2 N–H and O–H groups in total. The molecule has 1 saturated carbocycles. The highest BCUT2D eigenvalue weighted by molar-refractivity contribution is 7.98. The summed E-state index contributed by atoms with van der Waals surface area (Å²) in [5, 5.41) is 0.743. The lowest BCUT2D eigenvalue weighted by atomic mass is 10.4. The summed E-state index contributed by atoms with van der Waals surface area (Å²) in [7, 11) is 2.06. The number of nitrogen functional groups attached to an aromatic ring is 1. The van der Waals surface area contributed by atoms with Gasteiger partial charge in [0.15, 0.2) is 5.16 Å². The quantitative estimate of drug-likeness (QED) is 0.622. The molecule has 1 heterocycles. The standard InChI is InChI=1S/C10H16N4S/c1-14(6-7-3-4-7)9-5-8(11)12-10(13-9)15-2/h5,7H,3-4,6H2,1-2H3,(H2,11,12,13). The van der Waals surface area contributed by atoms with Crippen molar-refractivity contribution < 1.29 is 0 Å². The van der Waals surface area contributed by atoms with E-state index in [1.807, 2.05) is 12.3 Å². The Hall–Kier alpha value is -0.970. The van der Waals surface area contributed by atoms with Crippen molar-refractivity contribution in [1.29, 1.82) is 0 Å². The Morgan fingerprint density at radius 2 is 2.27 bits per heavy atom. The van der Waals surface area contributed by atoms with E-state index in [2.05, 4.69) is 21.9 Å². The summed E-state index contributed by atoms with van der Waals surface area (Å²) in [5.74, 6) is 2.33. The van der Waals surface area contributed by atoms with Gasteiger partial charge in [-0.05, 0) is 25.0 Å². The summed E-state index contributed by atoms with van der Waals surface area (Å²) in [5.41, 5.74) is 5.73. The molecule has 5 heteroatoms. The van der Waals surface area contributed by atoms with Gasteiger partial charge in [-0.15, -0.1) is 0 Å². The molecule has 1 aromatic rings. The highest BCUT2D eigenvalue weighted by atomic mass is 32.2. The van der Waals surface area contributed by atoms with Crippen molar-refractivity contribution in [2.75, 3.05) is 30.5 Å². The molecule has 0 saturated heterocycles. The summed E-state index contributed by atoms with van der Waals surface area (Å²) in [6, 6.07) is 1.84. The Morgan fingerprint density at radius 1 is 1.53 bits per heavy atom. The Balaban J connectivity index is 2.13. The first-order valence-electron chi connectivity index (χ1n) is 5.08. The van der Waals surface area contributed by atoms with Crippen molar-refractivity contribution in [3.8, 4) is 0 Å². The fourth-order valence-corrected chi connectivity index (χ4v) is 1.88. The molecule has 0 atom stereocenters. The second kappa shape index (κ2) is 4.26. The van der Waals surface area contributed by atoms with Crippen LogP contribution in [0.5, 0.6) is 0 Å². The maximum Gasteiger partial charge on any atom is 0.191 e. The molecule has 82 valence electrons. The molecule has 0 amide bonds.